The number of rotatable bonds is 7. The predicted molar refractivity (Wildman–Crippen MR) is 104 cm³/mol. The van der Waals surface area contributed by atoms with Crippen LogP contribution in [-0.4, -0.2) is 33.4 Å². The summed E-state index contributed by atoms with van der Waals surface area (Å²) in [4.78, 5) is 36.6. The van der Waals surface area contributed by atoms with Crippen LogP contribution in [0.5, 0.6) is 0 Å². The first-order valence-corrected chi connectivity index (χ1v) is 8.76. The molecule has 0 fully saturated rings. The number of carbonyl (C=O) groups excluding carboxylic acids is 3. The molecule has 1 aromatic heterocycles. The van der Waals surface area contributed by atoms with Crippen LogP contribution in [0.1, 0.15) is 21.7 Å². The standard InChI is InChI=1S/C21H20N4O3/c1-14-12-18(25(24-14)16-10-6-3-7-11-16)21(28)23-17(19(26)20(22)27)13-15-8-4-2-5-9-15/h2-12,17H,13H2,1H3,(H2,22,27)(H,23,28). The van der Waals surface area contributed by atoms with Crippen molar-refractivity contribution >= 4 is 17.6 Å². The number of nitrogens with one attached hydrogen (secondary N) is 1. The van der Waals surface area contributed by atoms with Crippen molar-refractivity contribution in [3.8, 4) is 5.69 Å². The zero-order chi connectivity index (χ0) is 20.1. The van der Waals surface area contributed by atoms with Crippen molar-refractivity contribution in [1.82, 2.24) is 15.1 Å². The third-order valence-electron chi connectivity index (χ3n) is 4.21. The smallest absolute Gasteiger partial charge is 0.287 e. The molecular weight excluding hydrogens is 356 g/mol. The molecule has 0 aliphatic rings. The minimum Gasteiger partial charge on any atom is -0.363 e. The van der Waals surface area contributed by atoms with Gasteiger partial charge in [-0.05, 0) is 30.7 Å². The van der Waals surface area contributed by atoms with Crippen molar-refractivity contribution in [2.75, 3.05) is 0 Å². The molecule has 3 aromatic rings. The summed E-state index contributed by atoms with van der Waals surface area (Å²) in [7, 11) is 0. The van der Waals surface area contributed by atoms with Gasteiger partial charge in [0.05, 0.1) is 11.4 Å². The van der Waals surface area contributed by atoms with Crippen molar-refractivity contribution in [3.63, 3.8) is 0 Å². The van der Waals surface area contributed by atoms with Gasteiger partial charge in [0.25, 0.3) is 11.8 Å². The van der Waals surface area contributed by atoms with Crippen LogP contribution in [0.15, 0.2) is 66.7 Å². The van der Waals surface area contributed by atoms with Crippen LogP contribution in [0.2, 0.25) is 0 Å². The van der Waals surface area contributed by atoms with E-state index < -0.39 is 23.6 Å². The summed E-state index contributed by atoms with van der Waals surface area (Å²) in [5.74, 6) is -2.45. The van der Waals surface area contributed by atoms with Gasteiger partial charge in [-0.25, -0.2) is 4.68 Å². The summed E-state index contributed by atoms with van der Waals surface area (Å²) in [6.45, 7) is 1.77. The molecule has 7 nitrogen and oxygen atoms in total. The number of aryl methyl sites for hydroxylation is 1. The third kappa shape index (κ3) is 4.32. The van der Waals surface area contributed by atoms with Crippen molar-refractivity contribution in [2.24, 2.45) is 5.73 Å². The Morgan fingerprint density at radius 1 is 1.04 bits per heavy atom. The van der Waals surface area contributed by atoms with E-state index in [0.29, 0.717) is 11.4 Å². The molecule has 0 saturated heterocycles. The topological polar surface area (TPSA) is 107 Å². The van der Waals surface area contributed by atoms with Gasteiger partial charge in [-0.1, -0.05) is 48.5 Å². The molecule has 1 heterocycles. The first-order chi connectivity index (χ1) is 13.5. The van der Waals surface area contributed by atoms with Gasteiger partial charge in [-0.3, -0.25) is 14.4 Å². The quantitative estimate of drug-likeness (QED) is 0.610. The minimum atomic E-state index is -1.09. The summed E-state index contributed by atoms with van der Waals surface area (Å²) in [6, 6.07) is 18.8. The maximum Gasteiger partial charge on any atom is 0.287 e. The van der Waals surface area contributed by atoms with Crippen LogP contribution in [0.4, 0.5) is 0 Å². The number of carbonyl (C=O) groups is 3. The van der Waals surface area contributed by atoms with Crippen LogP contribution >= 0.6 is 0 Å². The fourth-order valence-electron chi connectivity index (χ4n) is 2.89. The Morgan fingerprint density at radius 3 is 2.25 bits per heavy atom. The molecule has 3 rings (SSSR count). The second kappa shape index (κ2) is 8.30. The molecule has 0 spiro atoms. The molecule has 0 radical (unpaired) electrons. The lowest BCUT2D eigenvalue weighted by Crippen LogP contribution is -2.47. The van der Waals surface area contributed by atoms with Gasteiger partial charge in [-0.15, -0.1) is 0 Å². The number of nitrogens with zero attached hydrogens (tertiary/aromatic N) is 2. The molecular formula is C21H20N4O3. The largest absolute Gasteiger partial charge is 0.363 e. The van der Waals surface area contributed by atoms with Gasteiger partial charge in [0, 0.05) is 6.42 Å². The number of amides is 2. The summed E-state index contributed by atoms with van der Waals surface area (Å²) >= 11 is 0. The number of primary amides is 1. The number of benzene rings is 2. The van der Waals surface area contributed by atoms with E-state index in [2.05, 4.69) is 10.4 Å². The number of aromatic nitrogens is 2. The molecule has 0 aliphatic heterocycles. The number of hydrogen-bond donors (Lipinski definition) is 2. The van der Waals surface area contributed by atoms with E-state index in [-0.39, 0.29) is 12.1 Å². The van der Waals surface area contributed by atoms with Gasteiger partial charge in [0.2, 0.25) is 5.78 Å². The molecule has 1 unspecified atom stereocenters. The normalized spacial score (nSPS) is 11.6. The molecule has 7 heteroatoms. The lowest BCUT2D eigenvalue weighted by atomic mass is 10.0. The van der Waals surface area contributed by atoms with Gasteiger partial charge < -0.3 is 11.1 Å². The first kappa shape index (κ1) is 19.0. The van der Waals surface area contributed by atoms with Crippen LogP contribution in [0.25, 0.3) is 5.69 Å². The molecule has 1 atom stereocenters. The Kier molecular flexibility index (Phi) is 5.64. The van der Waals surface area contributed by atoms with E-state index in [9.17, 15) is 14.4 Å². The fraction of sp³-hybridized carbons (Fsp3) is 0.143. The predicted octanol–water partition coefficient (Wildman–Crippen LogP) is 1.58. The monoisotopic (exact) mass is 376 g/mol. The molecule has 28 heavy (non-hydrogen) atoms. The maximum absolute atomic E-state index is 12.9. The molecule has 0 bridgehead atoms. The Labute approximate surface area is 162 Å². The summed E-state index contributed by atoms with van der Waals surface area (Å²) in [5, 5.41) is 6.99. The maximum atomic E-state index is 12.9. The number of nitrogens with two attached hydrogens (primary N) is 1. The zero-order valence-electron chi connectivity index (χ0n) is 15.3. The average Bonchev–Trinajstić information content (AvgIpc) is 3.10. The van der Waals surface area contributed by atoms with E-state index >= 15 is 0 Å². The average molecular weight is 376 g/mol. The molecule has 2 amide bonds. The molecule has 3 N–H and O–H groups in total. The third-order valence-corrected chi connectivity index (χ3v) is 4.21. The highest BCUT2D eigenvalue weighted by Crippen LogP contribution is 2.13. The van der Waals surface area contributed by atoms with E-state index in [1.165, 1.54) is 4.68 Å². The zero-order valence-corrected chi connectivity index (χ0v) is 15.3. The summed E-state index contributed by atoms with van der Waals surface area (Å²) in [6.07, 6.45) is 0.160. The van der Waals surface area contributed by atoms with E-state index in [4.69, 9.17) is 5.73 Å². The van der Waals surface area contributed by atoms with Crippen molar-refractivity contribution in [3.05, 3.63) is 83.7 Å². The van der Waals surface area contributed by atoms with Gasteiger partial charge in [0.1, 0.15) is 11.7 Å². The molecule has 0 aliphatic carbocycles. The Morgan fingerprint density at radius 2 is 1.64 bits per heavy atom. The molecule has 142 valence electrons. The second-order valence-electron chi connectivity index (χ2n) is 6.36. The lowest BCUT2D eigenvalue weighted by molar-refractivity contribution is -0.137. The van der Waals surface area contributed by atoms with Gasteiger partial charge in [-0.2, -0.15) is 5.10 Å². The highest BCUT2D eigenvalue weighted by Gasteiger charge is 2.27. The first-order valence-electron chi connectivity index (χ1n) is 8.76. The van der Waals surface area contributed by atoms with Gasteiger partial charge >= 0.3 is 0 Å². The minimum absolute atomic E-state index is 0.160. The number of Topliss-reactive ketones (excluding diaryl/α,β-unsaturated/α-hetero) is 1. The van der Waals surface area contributed by atoms with Gasteiger partial charge in [0.15, 0.2) is 0 Å². The highest BCUT2D eigenvalue weighted by molar-refractivity contribution is 6.38. The molecule has 2 aromatic carbocycles. The van der Waals surface area contributed by atoms with Crippen molar-refractivity contribution in [1.29, 1.82) is 0 Å². The molecule has 0 saturated carbocycles. The highest BCUT2D eigenvalue weighted by atomic mass is 16.2. The SMILES string of the molecule is Cc1cc(C(=O)NC(Cc2ccccc2)C(=O)C(N)=O)n(-c2ccccc2)n1. The second-order valence-corrected chi connectivity index (χ2v) is 6.36. The Hall–Kier alpha value is -3.74. The Bertz CT molecular complexity index is 997. The van der Waals surface area contributed by atoms with Crippen LogP contribution < -0.4 is 11.1 Å². The number of para-hydroxylation sites is 1. The van der Waals surface area contributed by atoms with E-state index in [0.717, 1.165) is 5.56 Å². The van der Waals surface area contributed by atoms with Crippen molar-refractivity contribution in [2.45, 2.75) is 19.4 Å². The Balaban J connectivity index is 1.88. The fourth-order valence-corrected chi connectivity index (χ4v) is 2.89. The van der Waals surface area contributed by atoms with Crippen LogP contribution in [-0.2, 0) is 16.0 Å². The number of ketones is 1. The van der Waals surface area contributed by atoms with E-state index in [1.807, 2.05) is 60.7 Å². The lowest BCUT2D eigenvalue weighted by Gasteiger charge is -2.17. The van der Waals surface area contributed by atoms with Crippen LogP contribution in [0, 0.1) is 6.92 Å². The van der Waals surface area contributed by atoms with E-state index in [1.54, 1.807) is 13.0 Å². The number of hydrogen-bond acceptors (Lipinski definition) is 4. The summed E-state index contributed by atoms with van der Waals surface area (Å²) < 4.78 is 1.50. The van der Waals surface area contributed by atoms with Crippen molar-refractivity contribution < 1.29 is 14.4 Å². The van der Waals surface area contributed by atoms with Crippen LogP contribution in [0.3, 0.4) is 0 Å². The summed E-state index contributed by atoms with van der Waals surface area (Å²) in [5.41, 5.74) is 7.59.